The van der Waals surface area contributed by atoms with Gasteiger partial charge in [-0.3, -0.25) is 14.5 Å². The summed E-state index contributed by atoms with van der Waals surface area (Å²) in [6, 6.07) is 7.35. The quantitative estimate of drug-likeness (QED) is 0.650. The van der Waals surface area contributed by atoms with E-state index < -0.39 is 6.04 Å². The van der Waals surface area contributed by atoms with Crippen molar-refractivity contribution in [1.29, 1.82) is 0 Å². The highest BCUT2D eigenvalue weighted by Gasteiger charge is 2.32. The number of nitrogens with one attached hydrogen (secondary N) is 1. The van der Waals surface area contributed by atoms with Crippen LogP contribution in [0.15, 0.2) is 24.3 Å². The second-order valence-corrected chi connectivity index (χ2v) is 7.14. The SMILES string of the molecule is CCN(CC)CCN(C)C(=O)CC1C(=O)NCCN1Cc1ccccc1OC. The number of methoxy groups -OCH3 is 1. The summed E-state index contributed by atoms with van der Waals surface area (Å²) in [5.74, 6) is 0.723. The molecule has 1 aromatic rings. The molecular weight excluding hydrogens is 356 g/mol. The van der Waals surface area contributed by atoms with Crippen molar-refractivity contribution >= 4 is 11.8 Å². The molecule has 1 atom stereocenters. The Morgan fingerprint density at radius 1 is 1.25 bits per heavy atom. The summed E-state index contributed by atoms with van der Waals surface area (Å²) < 4.78 is 5.44. The molecule has 7 nitrogen and oxygen atoms in total. The average molecular weight is 391 g/mol. The summed E-state index contributed by atoms with van der Waals surface area (Å²) in [5.41, 5.74) is 1.02. The summed E-state index contributed by atoms with van der Waals surface area (Å²) in [4.78, 5) is 31.3. The summed E-state index contributed by atoms with van der Waals surface area (Å²) in [5, 5.41) is 2.90. The second-order valence-electron chi connectivity index (χ2n) is 7.14. The maximum atomic E-state index is 12.7. The predicted molar refractivity (Wildman–Crippen MR) is 110 cm³/mol. The number of likely N-dealkylation sites (N-methyl/N-ethyl adjacent to an activating group) is 2. The van der Waals surface area contributed by atoms with Gasteiger partial charge in [-0.15, -0.1) is 0 Å². The van der Waals surface area contributed by atoms with Crippen LogP contribution in [0.3, 0.4) is 0 Å². The molecule has 0 saturated carbocycles. The minimum atomic E-state index is -0.456. The van der Waals surface area contributed by atoms with Crippen molar-refractivity contribution in [3.63, 3.8) is 0 Å². The number of ether oxygens (including phenoxy) is 1. The van der Waals surface area contributed by atoms with Gasteiger partial charge in [0, 0.05) is 45.3 Å². The Bertz CT molecular complexity index is 648. The molecule has 156 valence electrons. The van der Waals surface area contributed by atoms with Crippen LogP contribution in [-0.4, -0.2) is 86.0 Å². The molecule has 1 aromatic carbocycles. The van der Waals surface area contributed by atoms with Crippen molar-refractivity contribution in [2.24, 2.45) is 0 Å². The van der Waals surface area contributed by atoms with Gasteiger partial charge < -0.3 is 19.9 Å². The number of carbonyl (C=O) groups excluding carboxylic acids is 2. The predicted octanol–water partition coefficient (Wildman–Crippen LogP) is 1.19. The topological polar surface area (TPSA) is 65.1 Å². The summed E-state index contributed by atoms with van der Waals surface area (Å²) in [6.07, 6.45) is 0.190. The number of piperazine rings is 1. The maximum Gasteiger partial charge on any atom is 0.237 e. The smallest absolute Gasteiger partial charge is 0.237 e. The largest absolute Gasteiger partial charge is 0.496 e. The number of para-hydroxylation sites is 1. The van der Waals surface area contributed by atoms with Gasteiger partial charge in [-0.1, -0.05) is 32.0 Å². The Balaban J connectivity index is 2.01. The molecule has 1 fully saturated rings. The molecule has 0 spiro atoms. The van der Waals surface area contributed by atoms with E-state index in [0.717, 1.165) is 30.9 Å². The van der Waals surface area contributed by atoms with Crippen LogP contribution < -0.4 is 10.1 Å². The highest BCUT2D eigenvalue weighted by atomic mass is 16.5. The van der Waals surface area contributed by atoms with E-state index in [0.29, 0.717) is 26.2 Å². The summed E-state index contributed by atoms with van der Waals surface area (Å²) in [6.45, 7) is 9.58. The van der Waals surface area contributed by atoms with Crippen LogP contribution in [0.1, 0.15) is 25.8 Å². The molecule has 1 heterocycles. The Kier molecular flexibility index (Phi) is 8.73. The van der Waals surface area contributed by atoms with Crippen LogP contribution >= 0.6 is 0 Å². The number of hydrogen-bond acceptors (Lipinski definition) is 5. The molecule has 7 heteroatoms. The molecule has 0 bridgehead atoms. The number of carbonyl (C=O) groups is 2. The molecule has 1 saturated heterocycles. The van der Waals surface area contributed by atoms with Crippen LogP contribution in [0.25, 0.3) is 0 Å². The first kappa shape index (κ1) is 22.2. The zero-order chi connectivity index (χ0) is 20.5. The fourth-order valence-electron chi connectivity index (χ4n) is 3.50. The molecular formula is C21H34N4O3. The maximum absolute atomic E-state index is 12.7. The van der Waals surface area contributed by atoms with E-state index in [-0.39, 0.29) is 18.2 Å². The van der Waals surface area contributed by atoms with E-state index in [1.165, 1.54) is 0 Å². The molecule has 1 aliphatic heterocycles. The van der Waals surface area contributed by atoms with Gasteiger partial charge in [0.25, 0.3) is 0 Å². The van der Waals surface area contributed by atoms with Crippen LogP contribution in [0.5, 0.6) is 5.75 Å². The van der Waals surface area contributed by atoms with E-state index in [1.54, 1.807) is 12.0 Å². The lowest BCUT2D eigenvalue weighted by Crippen LogP contribution is -2.56. The van der Waals surface area contributed by atoms with Crippen LogP contribution in [0.2, 0.25) is 0 Å². The molecule has 0 aromatic heterocycles. The van der Waals surface area contributed by atoms with Crippen LogP contribution in [0.4, 0.5) is 0 Å². The van der Waals surface area contributed by atoms with Gasteiger partial charge in [-0.25, -0.2) is 0 Å². The normalized spacial score (nSPS) is 17.5. The lowest BCUT2D eigenvalue weighted by atomic mass is 10.1. The minimum absolute atomic E-state index is 0.000710. The molecule has 1 unspecified atom stereocenters. The Hall–Kier alpha value is -2.12. The first-order valence-electron chi connectivity index (χ1n) is 10.1. The van der Waals surface area contributed by atoms with Gasteiger partial charge in [0.2, 0.25) is 11.8 Å². The van der Waals surface area contributed by atoms with Crippen molar-refractivity contribution < 1.29 is 14.3 Å². The zero-order valence-electron chi connectivity index (χ0n) is 17.6. The van der Waals surface area contributed by atoms with Crippen molar-refractivity contribution in [2.45, 2.75) is 32.9 Å². The van der Waals surface area contributed by atoms with Crippen LogP contribution in [0, 0.1) is 0 Å². The highest BCUT2D eigenvalue weighted by Crippen LogP contribution is 2.22. The fourth-order valence-corrected chi connectivity index (χ4v) is 3.50. The summed E-state index contributed by atoms with van der Waals surface area (Å²) >= 11 is 0. The first-order valence-corrected chi connectivity index (χ1v) is 10.1. The van der Waals surface area contributed by atoms with Gasteiger partial charge in [-0.05, 0) is 19.2 Å². The summed E-state index contributed by atoms with van der Waals surface area (Å²) in [7, 11) is 3.46. The Labute approximate surface area is 168 Å². The monoisotopic (exact) mass is 390 g/mol. The number of nitrogens with zero attached hydrogens (tertiary/aromatic N) is 3. The third-order valence-electron chi connectivity index (χ3n) is 5.45. The van der Waals surface area contributed by atoms with E-state index in [4.69, 9.17) is 4.74 Å². The van der Waals surface area contributed by atoms with Crippen LogP contribution in [-0.2, 0) is 16.1 Å². The van der Waals surface area contributed by atoms with Crippen molar-refractivity contribution in [1.82, 2.24) is 20.0 Å². The molecule has 2 rings (SSSR count). The van der Waals surface area contributed by atoms with Crippen molar-refractivity contribution in [3.05, 3.63) is 29.8 Å². The molecule has 0 aliphatic carbocycles. The molecule has 28 heavy (non-hydrogen) atoms. The molecule has 0 radical (unpaired) electrons. The Morgan fingerprint density at radius 2 is 1.96 bits per heavy atom. The number of rotatable bonds is 10. The van der Waals surface area contributed by atoms with E-state index in [1.807, 2.05) is 31.3 Å². The average Bonchev–Trinajstić information content (AvgIpc) is 2.71. The number of hydrogen-bond donors (Lipinski definition) is 1. The third kappa shape index (κ3) is 5.94. The van der Waals surface area contributed by atoms with E-state index in [9.17, 15) is 9.59 Å². The lowest BCUT2D eigenvalue weighted by Gasteiger charge is -2.35. The van der Waals surface area contributed by atoms with E-state index in [2.05, 4.69) is 29.0 Å². The highest BCUT2D eigenvalue weighted by molar-refractivity contribution is 5.88. The lowest BCUT2D eigenvalue weighted by molar-refractivity contribution is -0.138. The molecule has 1 aliphatic rings. The molecule has 1 N–H and O–H groups in total. The standard InChI is InChI=1S/C21H34N4O3/c1-5-24(6-2)14-13-23(3)20(26)15-18-21(27)22-11-12-25(18)16-17-9-7-8-10-19(17)28-4/h7-10,18H,5-6,11-16H2,1-4H3,(H,22,27). The van der Waals surface area contributed by atoms with Crippen molar-refractivity contribution in [2.75, 3.05) is 53.4 Å². The Morgan fingerprint density at radius 3 is 2.64 bits per heavy atom. The molecule has 2 amide bonds. The van der Waals surface area contributed by atoms with Gasteiger partial charge in [0.05, 0.1) is 19.6 Å². The minimum Gasteiger partial charge on any atom is -0.496 e. The van der Waals surface area contributed by atoms with Gasteiger partial charge in [-0.2, -0.15) is 0 Å². The van der Waals surface area contributed by atoms with Crippen molar-refractivity contribution in [3.8, 4) is 5.75 Å². The second kappa shape index (κ2) is 11.0. The van der Waals surface area contributed by atoms with Gasteiger partial charge in [0.1, 0.15) is 5.75 Å². The number of benzene rings is 1. The fraction of sp³-hybridized carbons (Fsp3) is 0.619. The van der Waals surface area contributed by atoms with Gasteiger partial charge >= 0.3 is 0 Å². The zero-order valence-corrected chi connectivity index (χ0v) is 17.6. The third-order valence-corrected chi connectivity index (χ3v) is 5.45. The van der Waals surface area contributed by atoms with E-state index >= 15 is 0 Å². The van der Waals surface area contributed by atoms with Gasteiger partial charge in [0.15, 0.2) is 0 Å². The number of amides is 2. The first-order chi connectivity index (χ1) is 13.5.